The average Bonchev–Trinajstić information content (AvgIpc) is 2.91. The van der Waals surface area contributed by atoms with Crippen LogP contribution in [0, 0.1) is 6.92 Å². The number of nitrogens with one attached hydrogen (secondary N) is 1. The van der Waals surface area contributed by atoms with Crippen LogP contribution in [0.15, 0.2) is 28.7 Å². The van der Waals surface area contributed by atoms with Gasteiger partial charge in [0.25, 0.3) is 0 Å². The molecule has 3 rings (SSSR count). The molecule has 1 aliphatic heterocycles. The second-order valence-electron chi connectivity index (χ2n) is 5.58. The van der Waals surface area contributed by atoms with Crippen LogP contribution < -0.4 is 5.32 Å². The van der Waals surface area contributed by atoms with Crippen molar-refractivity contribution in [2.45, 2.75) is 32.4 Å². The van der Waals surface area contributed by atoms with Crippen LogP contribution in [0.4, 0.5) is 0 Å². The van der Waals surface area contributed by atoms with Crippen LogP contribution in [0.5, 0.6) is 0 Å². The maximum Gasteiger partial charge on any atom is 0.151 e. The van der Waals surface area contributed by atoms with Crippen molar-refractivity contribution in [3.8, 4) is 0 Å². The Morgan fingerprint density at radius 3 is 2.75 bits per heavy atom. The van der Waals surface area contributed by atoms with Crippen molar-refractivity contribution in [1.29, 1.82) is 0 Å². The lowest BCUT2D eigenvalue weighted by Gasteiger charge is -2.17. The standard InChI is InChI=1S/C15H19NO3S/c1-10-13-5-3-4-6-14(13)19-15(10)11(2)16-12-7-8-20(17,18)9-12/h3-6,11-12,16H,7-9H2,1-2H3. The van der Waals surface area contributed by atoms with Gasteiger partial charge in [0, 0.05) is 11.4 Å². The van der Waals surface area contributed by atoms with E-state index in [1.54, 1.807) is 0 Å². The number of furan rings is 1. The summed E-state index contributed by atoms with van der Waals surface area (Å²) in [6.07, 6.45) is 0.686. The summed E-state index contributed by atoms with van der Waals surface area (Å²) in [5.74, 6) is 1.42. The lowest BCUT2D eigenvalue weighted by molar-refractivity contribution is 0.412. The van der Waals surface area contributed by atoms with Crippen molar-refractivity contribution in [1.82, 2.24) is 5.32 Å². The first kappa shape index (κ1) is 13.6. The fourth-order valence-electron chi connectivity index (χ4n) is 2.96. The van der Waals surface area contributed by atoms with E-state index in [1.165, 1.54) is 0 Å². The molecule has 1 saturated heterocycles. The summed E-state index contributed by atoms with van der Waals surface area (Å²) in [5.41, 5.74) is 2.01. The lowest BCUT2D eigenvalue weighted by Crippen LogP contribution is -2.32. The summed E-state index contributed by atoms with van der Waals surface area (Å²) in [6, 6.07) is 8.00. The van der Waals surface area contributed by atoms with E-state index in [0.29, 0.717) is 6.42 Å². The molecule has 0 saturated carbocycles. The van der Waals surface area contributed by atoms with Gasteiger partial charge in [0.2, 0.25) is 0 Å². The first-order valence-corrected chi connectivity index (χ1v) is 8.73. The van der Waals surface area contributed by atoms with Gasteiger partial charge in [-0.1, -0.05) is 18.2 Å². The zero-order valence-corrected chi connectivity index (χ0v) is 12.5. The zero-order valence-electron chi connectivity index (χ0n) is 11.7. The van der Waals surface area contributed by atoms with Gasteiger partial charge in [-0.05, 0) is 31.9 Å². The van der Waals surface area contributed by atoms with Gasteiger partial charge in [-0.25, -0.2) is 8.42 Å². The molecule has 0 radical (unpaired) electrons. The van der Waals surface area contributed by atoms with Gasteiger partial charge in [-0.2, -0.15) is 0 Å². The number of para-hydroxylation sites is 1. The van der Waals surface area contributed by atoms with Gasteiger partial charge < -0.3 is 9.73 Å². The topological polar surface area (TPSA) is 59.3 Å². The van der Waals surface area contributed by atoms with E-state index in [-0.39, 0.29) is 23.6 Å². The third-order valence-electron chi connectivity index (χ3n) is 3.99. The maximum atomic E-state index is 11.5. The van der Waals surface area contributed by atoms with E-state index in [9.17, 15) is 8.42 Å². The van der Waals surface area contributed by atoms with Gasteiger partial charge in [-0.3, -0.25) is 0 Å². The molecular formula is C15H19NO3S. The minimum Gasteiger partial charge on any atom is -0.459 e. The fourth-order valence-corrected chi connectivity index (χ4v) is 4.65. The highest BCUT2D eigenvalue weighted by Crippen LogP contribution is 2.29. The zero-order chi connectivity index (χ0) is 14.3. The number of hydrogen-bond donors (Lipinski definition) is 1. The summed E-state index contributed by atoms with van der Waals surface area (Å²) < 4.78 is 28.9. The number of hydrogen-bond acceptors (Lipinski definition) is 4. The molecule has 2 heterocycles. The Bertz CT molecular complexity index is 733. The van der Waals surface area contributed by atoms with Crippen molar-refractivity contribution in [2.75, 3.05) is 11.5 Å². The van der Waals surface area contributed by atoms with Crippen molar-refractivity contribution in [3.63, 3.8) is 0 Å². The molecule has 5 heteroatoms. The van der Waals surface area contributed by atoms with Gasteiger partial charge in [-0.15, -0.1) is 0 Å². The van der Waals surface area contributed by atoms with Crippen molar-refractivity contribution in [2.24, 2.45) is 0 Å². The monoisotopic (exact) mass is 293 g/mol. The van der Waals surface area contributed by atoms with Crippen molar-refractivity contribution in [3.05, 3.63) is 35.6 Å². The molecular weight excluding hydrogens is 274 g/mol. The molecule has 2 unspecified atom stereocenters. The summed E-state index contributed by atoms with van der Waals surface area (Å²) in [6.45, 7) is 4.07. The molecule has 0 bridgehead atoms. The average molecular weight is 293 g/mol. The SMILES string of the molecule is Cc1c(C(C)NC2CCS(=O)(=O)C2)oc2ccccc12. The molecule has 1 aromatic heterocycles. The van der Waals surface area contributed by atoms with Crippen LogP contribution >= 0.6 is 0 Å². The second-order valence-corrected chi connectivity index (χ2v) is 7.80. The Labute approximate surface area is 119 Å². The number of sulfone groups is 1. The number of benzene rings is 1. The van der Waals surface area contributed by atoms with E-state index in [1.807, 2.05) is 38.1 Å². The molecule has 1 aliphatic rings. The molecule has 2 atom stereocenters. The summed E-state index contributed by atoms with van der Waals surface area (Å²) in [5, 5.41) is 4.50. The maximum absolute atomic E-state index is 11.5. The molecule has 4 nitrogen and oxygen atoms in total. The van der Waals surface area contributed by atoms with Gasteiger partial charge in [0.1, 0.15) is 11.3 Å². The predicted molar refractivity (Wildman–Crippen MR) is 79.6 cm³/mol. The van der Waals surface area contributed by atoms with Gasteiger partial charge >= 0.3 is 0 Å². The molecule has 108 valence electrons. The third-order valence-corrected chi connectivity index (χ3v) is 5.76. The van der Waals surface area contributed by atoms with Gasteiger partial charge in [0.15, 0.2) is 9.84 Å². The lowest BCUT2D eigenvalue weighted by atomic mass is 10.1. The molecule has 1 N–H and O–H groups in total. The van der Waals surface area contributed by atoms with E-state index in [0.717, 1.165) is 22.3 Å². The molecule has 0 amide bonds. The molecule has 0 spiro atoms. The Balaban J connectivity index is 1.82. The molecule has 20 heavy (non-hydrogen) atoms. The summed E-state index contributed by atoms with van der Waals surface area (Å²) >= 11 is 0. The third kappa shape index (κ3) is 2.47. The van der Waals surface area contributed by atoms with Crippen LogP contribution in [0.25, 0.3) is 11.0 Å². The van der Waals surface area contributed by atoms with Crippen LogP contribution in [0.2, 0.25) is 0 Å². The quantitative estimate of drug-likeness (QED) is 0.945. The van der Waals surface area contributed by atoms with Crippen LogP contribution in [-0.2, 0) is 9.84 Å². The van der Waals surface area contributed by atoms with E-state index < -0.39 is 9.84 Å². The van der Waals surface area contributed by atoms with E-state index >= 15 is 0 Å². The predicted octanol–water partition coefficient (Wildman–Crippen LogP) is 2.58. The van der Waals surface area contributed by atoms with E-state index in [4.69, 9.17) is 4.42 Å². The normalized spacial score (nSPS) is 23.2. The molecule has 1 fully saturated rings. The fraction of sp³-hybridized carbons (Fsp3) is 0.467. The highest BCUT2D eigenvalue weighted by Gasteiger charge is 2.29. The first-order valence-electron chi connectivity index (χ1n) is 6.91. The van der Waals surface area contributed by atoms with Crippen LogP contribution in [-0.4, -0.2) is 26.0 Å². The Morgan fingerprint density at radius 1 is 1.35 bits per heavy atom. The number of fused-ring (bicyclic) bond motifs is 1. The summed E-state index contributed by atoms with van der Waals surface area (Å²) in [7, 11) is -2.85. The smallest absolute Gasteiger partial charge is 0.151 e. The Kier molecular flexibility index (Phi) is 3.34. The second kappa shape index (κ2) is 4.90. The Morgan fingerprint density at radius 2 is 2.10 bits per heavy atom. The van der Waals surface area contributed by atoms with Crippen LogP contribution in [0.1, 0.15) is 30.7 Å². The molecule has 2 aromatic rings. The van der Waals surface area contributed by atoms with Crippen LogP contribution in [0.3, 0.4) is 0 Å². The van der Waals surface area contributed by atoms with Gasteiger partial charge in [0.05, 0.1) is 17.5 Å². The first-order chi connectivity index (χ1) is 9.46. The number of rotatable bonds is 3. The highest BCUT2D eigenvalue weighted by atomic mass is 32.2. The largest absolute Gasteiger partial charge is 0.459 e. The minimum absolute atomic E-state index is 0.0145. The summed E-state index contributed by atoms with van der Waals surface area (Å²) in [4.78, 5) is 0. The Hall–Kier alpha value is -1.33. The molecule has 1 aromatic carbocycles. The number of aryl methyl sites for hydroxylation is 1. The highest BCUT2D eigenvalue weighted by molar-refractivity contribution is 7.91. The minimum atomic E-state index is -2.85. The van der Waals surface area contributed by atoms with E-state index in [2.05, 4.69) is 5.32 Å². The van der Waals surface area contributed by atoms with Crippen molar-refractivity contribution >= 4 is 20.8 Å². The molecule has 0 aliphatic carbocycles. The van der Waals surface area contributed by atoms with Crippen molar-refractivity contribution < 1.29 is 12.8 Å².